The monoisotopic (exact) mass is 284 g/mol. The van der Waals surface area contributed by atoms with Gasteiger partial charge in [0.05, 0.1) is 6.42 Å². The highest BCUT2D eigenvalue weighted by molar-refractivity contribution is 5.74. The van der Waals surface area contributed by atoms with Gasteiger partial charge in [-0.05, 0) is 31.1 Å². The standard InChI is InChI=1S/C15H28N2O3/c1-4-12(5-2)11(3)17-14(20)16-10-15(7-6-8-15)9-13(18)19/h11-12H,4-10H2,1-3H3,(H,18,19)(H2,16,17,20). The van der Waals surface area contributed by atoms with Crippen LogP contribution >= 0.6 is 0 Å². The molecule has 5 heteroatoms. The minimum Gasteiger partial charge on any atom is -0.481 e. The Balaban J connectivity index is 2.37. The highest BCUT2D eigenvalue weighted by Gasteiger charge is 2.39. The summed E-state index contributed by atoms with van der Waals surface area (Å²) in [6.07, 6.45) is 5.07. The Morgan fingerprint density at radius 3 is 2.25 bits per heavy atom. The largest absolute Gasteiger partial charge is 0.481 e. The lowest BCUT2D eigenvalue weighted by Crippen LogP contribution is -2.49. The Labute approximate surface area is 121 Å². The predicted molar refractivity (Wildman–Crippen MR) is 78.6 cm³/mol. The number of rotatable bonds is 8. The Kier molecular flexibility index (Phi) is 6.30. The second-order valence-electron chi connectivity index (χ2n) is 6.12. The van der Waals surface area contributed by atoms with E-state index in [2.05, 4.69) is 24.5 Å². The SMILES string of the molecule is CCC(CC)C(C)NC(=O)NCC1(CC(=O)O)CCC1. The second-order valence-corrected chi connectivity index (χ2v) is 6.12. The van der Waals surface area contributed by atoms with Crippen molar-refractivity contribution in [1.29, 1.82) is 0 Å². The molecule has 0 radical (unpaired) electrons. The Hall–Kier alpha value is -1.26. The van der Waals surface area contributed by atoms with Crippen LogP contribution in [-0.2, 0) is 4.79 Å². The molecule has 0 spiro atoms. The number of nitrogens with one attached hydrogen (secondary N) is 2. The van der Waals surface area contributed by atoms with Gasteiger partial charge in [-0.3, -0.25) is 4.79 Å². The molecule has 1 saturated carbocycles. The van der Waals surface area contributed by atoms with Gasteiger partial charge in [-0.1, -0.05) is 33.1 Å². The van der Waals surface area contributed by atoms with Gasteiger partial charge in [0.2, 0.25) is 0 Å². The first-order chi connectivity index (χ1) is 9.42. The van der Waals surface area contributed by atoms with E-state index in [9.17, 15) is 9.59 Å². The van der Waals surface area contributed by atoms with E-state index in [0.717, 1.165) is 32.1 Å². The van der Waals surface area contributed by atoms with Gasteiger partial charge in [0, 0.05) is 12.6 Å². The van der Waals surface area contributed by atoms with Crippen LogP contribution in [0.25, 0.3) is 0 Å². The minimum absolute atomic E-state index is 0.141. The summed E-state index contributed by atoms with van der Waals surface area (Å²) in [6.45, 7) is 6.73. The van der Waals surface area contributed by atoms with E-state index in [-0.39, 0.29) is 23.9 Å². The number of aliphatic carboxylic acids is 1. The van der Waals surface area contributed by atoms with Crippen molar-refractivity contribution in [1.82, 2.24) is 10.6 Å². The zero-order chi connectivity index (χ0) is 15.2. The molecule has 1 aliphatic carbocycles. The summed E-state index contributed by atoms with van der Waals surface area (Å²) in [6, 6.07) is -0.0390. The molecule has 3 N–H and O–H groups in total. The van der Waals surface area contributed by atoms with Crippen molar-refractivity contribution >= 4 is 12.0 Å². The summed E-state index contributed by atoms with van der Waals surface area (Å²) in [5.74, 6) is -0.297. The number of amides is 2. The molecular weight excluding hydrogens is 256 g/mol. The van der Waals surface area contributed by atoms with E-state index >= 15 is 0 Å². The van der Waals surface area contributed by atoms with E-state index in [1.807, 2.05) is 6.92 Å². The first-order valence-corrected chi connectivity index (χ1v) is 7.68. The zero-order valence-corrected chi connectivity index (χ0v) is 12.9. The molecule has 0 saturated heterocycles. The van der Waals surface area contributed by atoms with Crippen molar-refractivity contribution in [2.24, 2.45) is 11.3 Å². The molecule has 1 unspecified atom stereocenters. The number of carbonyl (C=O) groups excluding carboxylic acids is 1. The van der Waals surface area contributed by atoms with Crippen LogP contribution in [0.1, 0.15) is 59.3 Å². The lowest BCUT2D eigenvalue weighted by Gasteiger charge is -2.41. The molecule has 1 fully saturated rings. The first-order valence-electron chi connectivity index (χ1n) is 7.68. The number of carboxylic acid groups (broad SMARTS) is 1. The average Bonchev–Trinajstić information content (AvgIpc) is 2.33. The van der Waals surface area contributed by atoms with E-state index in [1.54, 1.807) is 0 Å². The van der Waals surface area contributed by atoms with Gasteiger partial charge in [-0.2, -0.15) is 0 Å². The number of carboxylic acids is 1. The van der Waals surface area contributed by atoms with Crippen LogP contribution < -0.4 is 10.6 Å². The van der Waals surface area contributed by atoms with Gasteiger partial charge < -0.3 is 15.7 Å². The minimum atomic E-state index is -0.780. The fraction of sp³-hybridized carbons (Fsp3) is 0.867. The van der Waals surface area contributed by atoms with Gasteiger partial charge in [0.25, 0.3) is 0 Å². The summed E-state index contributed by atoms with van der Waals surface area (Å²) in [5.41, 5.74) is -0.221. The summed E-state index contributed by atoms with van der Waals surface area (Å²) in [4.78, 5) is 22.8. The molecule has 5 nitrogen and oxygen atoms in total. The summed E-state index contributed by atoms with van der Waals surface area (Å²) in [5, 5.41) is 14.7. The molecule has 0 aliphatic heterocycles. The number of hydrogen-bond donors (Lipinski definition) is 3. The third-order valence-corrected chi connectivity index (χ3v) is 4.68. The maximum atomic E-state index is 11.9. The molecule has 2 amide bonds. The van der Waals surface area contributed by atoms with Crippen LogP contribution in [0.3, 0.4) is 0 Å². The number of hydrogen-bond acceptors (Lipinski definition) is 2. The molecule has 1 rings (SSSR count). The molecule has 1 aliphatic rings. The quantitative estimate of drug-likeness (QED) is 0.641. The van der Waals surface area contributed by atoms with Gasteiger partial charge in [0.1, 0.15) is 0 Å². The molecule has 0 heterocycles. The van der Waals surface area contributed by atoms with Crippen molar-refractivity contribution in [3.63, 3.8) is 0 Å². The van der Waals surface area contributed by atoms with Crippen LogP contribution in [0.5, 0.6) is 0 Å². The molecular formula is C15H28N2O3. The van der Waals surface area contributed by atoms with Crippen molar-refractivity contribution in [3.8, 4) is 0 Å². The summed E-state index contributed by atoms with van der Waals surface area (Å²) >= 11 is 0. The third-order valence-electron chi connectivity index (χ3n) is 4.68. The molecule has 0 aromatic rings. The van der Waals surface area contributed by atoms with E-state index in [1.165, 1.54) is 0 Å². The molecule has 1 atom stereocenters. The fourth-order valence-electron chi connectivity index (χ4n) is 3.05. The lowest BCUT2D eigenvalue weighted by molar-refractivity contribution is -0.141. The number of urea groups is 1. The molecule has 0 bridgehead atoms. The van der Waals surface area contributed by atoms with Crippen LogP contribution in [-0.4, -0.2) is 29.7 Å². The average molecular weight is 284 g/mol. The van der Waals surface area contributed by atoms with Gasteiger partial charge in [-0.25, -0.2) is 4.79 Å². The van der Waals surface area contributed by atoms with Crippen molar-refractivity contribution in [2.75, 3.05) is 6.54 Å². The van der Waals surface area contributed by atoms with Crippen LogP contribution in [0.4, 0.5) is 4.79 Å². The van der Waals surface area contributed by atoms with Crippen molar-refractivity contribution in [3.05, 3.63) is 0 Å². The highest BCUT2D eigenvalue weighted by Crippen LogP contribution is 2.43. The molecule has 0 aromatic carbocycles. The maximum Gasteiger partial charge on any atom is 0.315 e. The smallest absolute Gasteiger partial charge is 0.315 e. The maximum absolute atomic E-state index is 11.9. The Morgan fingerprint density at radius 2 is 1.85 bits per heavy atom. The van der Waals surface area contributed by atoms with Crippen LogP contribution in [0.15, 0.2) is 0 Å². The fourth-order valence-corrected chi connectivity index (χ4v) is 3.05. The van der Waals surface area contributed by atoms with E-state index < -0.39 is 5.97 Å². The van der Waals surface area contributed by atoms with Gasteiger partial charge >= 0.3 is 12.0 Å². The van der Waals surface area contributed by atoms with E-state index in [4.69, 9.17) is 5.11 Å². The predicted octanol–water partition coefficient (Wildman–Crippen LogP) is 2.76. The highest BCUT2D eigenvalue weighted by atomic mass is 16.4. The van der Waals surface area contributed by atoms with E-state index in [0.29, 0.717) is 12.5 Å². The van der Waals surface area contributed by atoms with Crippen molar-refractivity contribution < 1.29 is 14.7 Å². The van der Waals surface area contributed by atoms with Gasteiger partial charge in [-0.15, -0.1) is 0 Å². The normalized spacial score (nSPS) is 18.2. The molecule has 116 valence electrons. The molecule has 0 aromatic heterocycles. The third kappa shape index (κ3) is 4.69. The topological polar surface area (TPSA) is 78.4 Å². The number of carbonyl (C=O) groups is 2. The van der Waals surface area contributed by atoms with Crippen LogP contribution in [0, 0.1) is 11.3 Å². The van der Waals surface area contributed by atoms with Gasteiger partial charge in [0.15, 0.2) is 0 Å². The lowest BCUT2D eigenvalue weighted by atomic mass is 9.66. The second kappa shape index (κ2) is 7.50. The van der Waals surface area contributed by atoms with Crippen LogP contribution in [0.2, 0.25) is 0 Å². The Bertz CT molecular complexity index is 336. The molecule has 20 heavy (non-hydrogen) atoms. The summed E-state index contributed by atoms with van der Waals surface area (Å²) < 4.78 is 0. The van der Waals surface area contributed by atoms with Crippen molar-refractivity contribution in [2.45, 2.75) is 65.3 Å². The first kappa shape index (κ1) is 16.8. The Morgan fingerprint density at radius 1 is 1.25 bits per heavy atom. The summed E-state index contributed by atoms with van der Waals surface area (Å²) in [7, 11) is 0. The zero-order valence-electron chi connectivity index (χ0n) is 12.9.